The van der Waals surface area contributed by atoms with Gasteiger partial charge in [0.2, 0.25) is 0 Å². The molecule has 0 saturated heterocycles. The Labute approximate surface area is 101 Å². The van der Waals surface area contributed by atoms with Crippen LogP contribution >= 0.6 is 39.9 Å². The van der Waals surface area contributed by atoms with Crippen molar-refractivity contribution in [2.24, 2.45) is 5.73 Å². The molecular formula is C8H9BrCl2FNO. The van der Waals surface area contributed by atoms with E-state index in [1.165, 1.54) is 6.07 Å². The van der Waals surface area contributed by atoms with Crippen LogP contribution in [0.4, 0.5) is 4.39 Å². The zero-order valence-electron chi connectivity index (χ0n) is 7.01. The van der Waals surface area contributed by atoms with Gasteiger partial charge in [-0.25, -0.2) is 4.39 Å². The smallest absolute Gasteiger partial charge is 0.139 e. The Morgan fingerprint density at radius 3 is 2.64 bits per heavy atom. The summed E-state index contributed by atoms with van der Waals surface area (Å²) in [5, 5.41) is 9.58. The molecule has 6 heteroatoms. The summed E-state index contributed by atoms with van der Waals surface area (Å²) in [5.74, 6) is -0.157. The van der Waals surface area contributed by atoms with Crippen LogP contribution in [-0.2, 0) is 0 Å². The molecule has 1 aromatic carbocycles. The molecule has 0 fully saturated rings. The fourth-order valence-corrected chi connectivity index (χ4v) is 1.79. The van der Waals surface area contributed by atoms with Crippen LogP contribution < -0.4 is 5.73 Å². The van der Waals surface area contributed by atoms with E-state index in [0.717, 1.165) is 0 Å². The number of aromatic hydroxyl groups is 1. The highest BCUT2D eigenvalue weighted by molar-refractivity contribution is 9.10. The van der Waals surface area contributed by atoms with Crippen molar-refractivity contribution >= 4 is 39.9 Å². The minimum Gasteiger partial charge on any atom is -0.506 e. The number of benzene rings is 1. The van der Waals surface area contributed by atoms with Crippen LogP contribution in [0, 0.1) is 0 Å². The Kier molecular flexibility index (Phi) is 5.74. The van der Waals surface area contributed by atoms with Gasteiger partial charge in [-0.1, -0.05) is 27.5 Å². The standard InChI is InChI=1S/C8H8BrClFNO.ClH/c9-4-1-5(7(12)3-11)8(13)6(10)2-4;/h1-2,7,13H,3,12H2;1H/t7-;/m0./s1. The van der Waals surface area contributed by atoms with Crippen molar-refractivity contribution in [3.8, 4) is 5.75 Å². The van der Waals surface area contributed by atoms with Crippen molar-refractivity contribution < 1.29 is 9.50 Å². The minimum atomic E-state index is -0.838. The molecule has 2 nitrogen and oxygen atoms in total. The fraction of sp³-hybridized carbons (Fsp3) is 0.250. The second kappa shape index (κ2) is 5.75. The second-order valence-corrected chi connectivity index (χ2v) is 3.91. The van der Waals surface area contributed by atoms with Crippen LogP contribution in [0.25, 0.3) is 0 Å². The van der Waals surface area contributed by atoms with Crippen LogP contribution in [0.2, 0.25) is 5.02 Å². The van der Waals surface area contributed by atoms with Crippen LogP contribution in [0.15, 0.2) is 16.6 Å². The van der Waals surface area contributed by atoms with Crippen molar-refractivity contribution in [2.75, 3.05) is 6.67 Å². The van der Waals surface area contributed by atoms with E-state index in [4.69, 9.17) is 17.3 Å². The van der Waals surface area contributed by atoms with Crippen LogP contribution in [0.5, 0.6) is 5.75 Å². The Hall–Kier alpha value is -0.0300. The third-order valence-corrected chi connectivity index (χ3v) is 2.37. The van der Waals surface area contributed by atoms with Gasteiger partial charge in [0.25, 0.3) is 0 Å². The molecule has 1 aromatic rings. The van der Waals surface area contributed by atoms with Crippen LogP contribution in [0.1, 0.15) is 11.6 Å². The van der Waals surface area contributed by atoms with Gasteiger partial charge in [-0.2, -0.15) is 0 Å². The molecule has 1 rings (SSSR count). The van der Waals surface area contributed by atoms with E-state index in [2.05, 4.69) is 15.9 Å². The van der Waals surface area contributed by atoms with Crippen LogP contribution in [-0.4, -0.2) is 11.8 Å². The Balaban J connectivity index is 0.00000169. The highest BCUT2D eigenvalue weighted by Crippen LogP contribution is 2.34. The molecule has 0 unspecified atom stereocenters. The number of halogens is 4. The molecule has 0 aromatic heterocycles. The summed E-state index contributed by atoms with van der Waals surface area (Å²) in [5.41, 5.74) is 5.73. The Bertz CT molecular complexity index is 324. The topological polar surface area (TPSA) is 46.2 Å². The predicted octanol–water partition coefficient (Wildman–Crippen LogP) is 3.20. The number of rotatable bonds is 2. The van der Waals surface area contributed by atoms with E-state index in [-0.39, 0.29) is 23.2 Å². The number of nitrogens with two attached hydrogens (primary N) is 1. The predicted molar refractivity (Wildman–Crippen MR) is 61.0 cm³/mol. The molecule has 0 spiro atoms. The molecule has 0 aliphatic rings. The van der Waals surface area contributed by atoms with Gasteiger partial charge < -0.3 is 10.8 Å². The molecule has 80 valence electrons. The maximum Gasteiger partial charge on any atom is 0.139 e. The molecule has 0 saturated carbocycles. The first kappa shape index (κ1) is 14.0. The summed E-state index contributed by atoms with van der Waals surface area (Å²) >= 11 is 8.83. The largest absolute Gasteiger partial charge is 0.506 e. The van der Waals surface area contributed by atoms with E-state index >= 15 is 0 Å². The third kappa shape index (κ3) is 2.98. The summed E-state index contributed by atoms with van der Waals surface area (Å²) in [6.45, 7) is -0.736. The maximum atomic E-state index is 12.2. The van der Waals surface area contributed by atoms with E-state index in [1.54, 1.807) is 6.07 Å². The molecule has 14 heavy (non-hydrogen) atoms. The zero-order chi connectivity index (χ0) is 10.0. The van der Waals surface area contributed by atoms with Gasteiger partial charge in [0.1, 0.15) is 12.4 Å². The average molecular weight is 305 g/mol. The molecule has 0 heterocycles. The average Bonchev–Trinajstić information content (AvgIpc) is 2.10. The maximum absolute atomic E-state index is 12.2. The molecule has 0 aliphatic heterocycles. The molecular weight excluding hydrogens is 296 g/mol. The van der Waals surface area contributed by atoms with Crippen molar-refractivity contribution in [3.63, 3.8) is 0 Å². The summed E-state index contributed by atoms with van der Waals surface area (Å²) in [6, 6.07) is 2.23. The number of hydrogen-bond acceptors (Lipinski definition) is 2. The molecule has 0 aliphatic carbocycles. The first-order valence-corrected chi connectivity index (χ1v) is 4.72. The van der Waals surface area contributed by atoms with E-state index < -0.39 is 12.7 Å². The number of hydrogen-bond donors (Lipinski definition) is 2. The third-order valence-electron chi connectivity index (χ3n) is 1.62. The van der Waals surface area contributed by atoms with E-state index in [1.807, 2.05) is 0 Å². The lowest BCUT2D eigenvalue weighted by atomic mass is 10.1. The molecule has 3 N–H and O–H groups in total. The molecule has 0 amide bonds. The van der Waals surface area contributed by atoms with Gasteiger partial charge >= 0.3 is 0 Å². The molecule has 0 bridgehead atoms. The minimum absolute atomic E-state index is 0. The highest BCUT2D eigenvalue weighted by Gasteiger charge is 2.14. The quantitative estimate of drug-likeness (QED) is 0.881. The lowest BCUT2D eigenvalue weighted by Crippen LogP contribution is -2.12. The van der Waals surface area contributed by atoms with Gasteiger partial charge in [-0.05, 0) is 12.1 Å². The number of alkyl halides is 1. The SMILES string of the molecule is Cl.N[C@@H](CF)c1cc(Br)cc(Cl)c1O. The number of phenols is 1. The van der Waals surface area contributed by atoms with Gasteiger partial charge in [0.05, 0.1) is 11.1 Å². The van der Waals surface area contributed by atoms with Crippen molar-refractivity contribution in [3.05, 3.63) is 27.2 Å². The van der Waals surface area contributed by atoms with E-state index in [0.29, 0.717) is 10.0 Å². The molecule has 1 atom stereocenters. The first-order valence-electron chi connectivity index (χ1n) is 3.55. The van der Waals surface area contributed by atoms with Gasteiger partial charge in [-0.15, -0.1) is 12.4 Å². The zero-order valence-corrected chi connectivity index (χ0v) is 10.2. The fourth-order valence-electron chi connectivity index (χ4n) is 0.952. The van der Waals surface area contributed by atoms with Crippen molar-refractivity contribution in [1.82, 2.24) is 0 Å². The van der Waals surface area contributed by atoms with Crippen molar-refractivity contribution in [2.45, 2.75) is 6.04 Å². The monoisotopic (exact) mass is 303 g/mol. The highest BCUT2D eigenvalue weighted by atomic mass is 79.9. The van der Waals surface area contributed by atoms with Crippen LogP contribution in [0.3, 0.4) is 0 Å². The van der Waals surface area contributed by atoms with Crippen molar-refractivity contribution in [1.29, 1.82) is 0 Å². The Morgan fingerprint density at radius 2 is 2.14 bits per heavy atom. The normalized spacial score (nSPS) is 12.0. The first-order chi connectivity index (χ1) is 6.06. The summed E-state index contributed by atoms with van der Waals surface area (Å²) in [4.78, 5) is 0. The van der Waals surface area contributed by atoms with Gasteiger partial charge in [0.15, 0.2) is 0 Å². The second-order valence-electron chi connectivity index (χ2n) is 2.59. The summed E-state index contributed by atoms with van der Waals surface area (Å²) < 4.78 is 12.9. The van der Waals surface area contributed by atoms with E-state index in [9.17, 15) is 9.50 Å². The Morgan fingerprint density at radius 1 is 1.57 bits per heavy atom. The lowest BCUT2D eigenvalue weighted by molar-refractivity contribution is 0.414. The molecule has 0 radical (unpaired) electrons. The summed E-state index contributed by atoms with van der Waals surface area (Å²) in [7, 11) is 0. The summed E-state index contributed by atoms with van der Waals surface area (Å²) in [6.07, 6.45) is 0. The van der Waals surface area contributed by atoms with Gasteiger partial charge in [-0.3, -0.25) is 0 Å². The van der Waals surface area contributed by atoms with Gasteiger partial charge in [0, 0.05) is 10.0 Å². The number of phenolic OH excluding ortho intramolecular Hbond substituents is 1. The lowest BCUT2D eigenvalue weighted by Gasteiger charge is -2.11.